The highest BCUT2D eigenvalue weighted by Crippen LogP contribution is 2.28. The highest BCUT2D eigenvalue weighted by molar-refractivity contribution is 8.13. The zero-order valence-corrected chi connectivity index (χ0v) is 12.9. The molecule has 0 spiro atoms. The Morgan fingerprint density at radius 1 is 1.43 bits per heavy atom. The molecule has 0 aliphatic rings. The molecule has 2 aromatic rings. The SMILES string of the molecule is CC(C)n1ncnc1COc1ccc(F)cc1S(=O)(=O)Cl. The normalized spacial score (nSPS) is 11.9. The molecule has 0 aliphatic heterocycles. The van der Waals surface area contributed by atoms with E-state index in [2.05, 4.69) is 10.1 Å². The van der Waals surface area contributed by atoms with Crippen LogP contribution in [-0.4, -0.2) is 23.2 Å². The van der Waals surface area contributed by atoms with E-state index in [0.29, 0.717) is 5.82 Å². The molecule has 0 bridgehead atoms. The van der Waals surface area contributed by atoms with E-state index in [-0.39, 0.29) is 18.4 Å². The van der Waals surface area contributed by atoms with Gasteiger partial charge in [-0.2, -0.15) is 5.10 Å². The van der Waals surface area contributed by atoms with Gasteiger partial charge in [-0.05, 0) is 32.0 Å². The Balaban J connectivity index is 2.27. The predicted octanol–water partition coefficient (Wildman–Crippen LogP) is 2.50. The monoisotopic (exact) mass is 333 g/mol. The lowest BCUT2D eigenvalue weighted by Crippen LogP contribution is -2.11. The number of nitrogens with zero attached hydrogens (tertiary/aromatic N) is 3. The van der Waals surface area contributed by atoms with Crippen LogP contribution < -0.4 is 4.74 Å². The summed E-state index contributed by atoms with van der Waals surface area (Å²) in [6.07, 6.45) is 1.38. The summed E-state index contributed by atoms with van der Waals surface area (Å²) in [6.45, 7) is 3.83. The quantitative estimate of drug-likeness (QED) is 0.786. The van der Waals surface area contributed by atoms with Crippen LogP contribution >= 0.6 is 10.7 Å². The van der Waals surface area contributed by atoms with Crippen LogP contribution in [0.5, 0.6) is 5.75 Å². The maximum absolute atomic E-state index is 13.2. The van der Waals surface area contributed by atoms with Crippen molar-refractivity contribution in [1.82, 2.24) is 14.8 Å². The molecule has 114 valence electrons. The topological polar surface area (TPSA) is 74.1 Å². The minimum Gasteiger partial charge on any atom is -0.484 e. The largest absolute Gasteiger partial charge is 0.484 e. The van der Waals surface area contributed by atoms with Crippen molar-refractivity contribution in [1.29, 1.82) is 0 Å². The predicted molar refractivity (Wildman–Crippen MR) is 74.2 cm³/mol. The molecule has 0 saturated carbocycles. The molecule has 0 radical (unpaired) electrons. The van der Waals surface area contributed by atoms with Gasteiger partial charge >= 0.3 is 0 Å². The van der Waals surface area contributed by atoms with Crippen LogP contribution in [0, 0.1) is 5.82 Å². The Kier molecular flexibility index (Phi) is 4.48. The first-order chi connectivity index (χ1) is 9.79. The molecule has 1 aromatic heterocycles. The fourth-order valence-corrected chi connectivity index (χ4v) is 2.73. The summed E-state index contributed by atoms with van der Waals surface area (Å²) in [5.74, 6) is -0.233. The third-order valence-corrected chi connectivity index (χ3v) is 4.00. The van der Waals surface area contributed by atoms with Crippen molar-refractivity contribution in [3.63, 3.8) is 0 Å². The molecule has 0 unspecified atom stereocenters. The van der Waals surface area contributed by atoms with Crippen LogP contribution in [-0.2, 0) is 15.7 Å². The molecule has 2 rings (SSSR count). The molecule has 21 heavy (non-hydrogen) atoms. The lowest BCUT2D eigenvalue weighted by atomic mass is 10.3. The van der Waals surface area contributed by atoms with Gasteiger partial charge in [-0.15, -0.1) is 0 Å². The van der Waals surface area contributed by atoms with Crippen molar-refractivity contribution in [2.75, 3.05) is 0 Å². The van der Waals surface area contributed by atoms with Gasteiger partial charge in [0.15, 0.2) is 5.82 Å². The molecule has 0 N–H and O–H groups in total. The summed E-state index contributed by atoms with van der Waals surface area (Å²) in [5.41, 5.74) is 0. The van der Waals surface area contributed by atoms with Crippen LogP contribution in [0.25, 0.3) is 0 Å². The van der Waals surface area contributed by atoms with Crippen molar-refractivity contribution < 1.29 is 17.5 Å². The number of hydrogen-bond acceptors (Lipinski definition) is 5. The summed E-state index contributed by atoms with van der Waals surface area (Å²) in [7, 11) is 1.16. The smallest absolute Gasteiger partial charge is 0.265 e. The number of hydrogen-bond donors (Lipinski definition) is 0. The molecular weight excluding hydrogens is 321 g/mol. The fourth-order valence-electron chi connectivity index (χ4n) is 1.74. The highest BCUT2D eigenvalue weighted by atomic mass is 35.7. The second-order valence-corrected chi connectivity index (χ2v) is 7.07. The van der Waals surface area contributed by atoms with Gasteiger partial charge in [0.05, 0.1) is 0 Å². The molecule has 1 heterocycles. The van der Waals surface area contributed by atoms with E-state index in [1.165, 1.54) is 12.4 Å². The van der Waals surface area contributed by atoms with Gasteiger partial charge in [0.1, 0.15) is 29.4 Å². The van der Waals surface area contributed by atoms with E-state index in [1.54, 1.807) is 4.68 Å². The van der Waals surface area contributed by atoms with Gasteiger partial charge < -0.3 is 4.74 Å². The third-order valence-electron chi connectivity index (χ3n) is 2.66. The number of benzene rings is 1. The Bertz CT molecular complexity index is 746. The molecule has 0 aliphatic carbocycles. The van der Waals surface area contributed by atoms with Crippen molar-refractivity contribution in [3.8, 4) is 5.75 Å². The molecule has 9 heteroatoms. The van der Waals surface area contributed by atoms with Gasteiger partial charge in [-0.25, -0.2) is 22.5 Å². The maximum atomic E-state index is 13.2. The Morgan fingerprint density at radius 2 is 2.14 bits per heavy atom. The molecule has 1 aromatic carbocycles. The van der Waals surface area contributed by atoms with Crippen LogP contribution in [0.1, 0.15) is 25.7 Å². The Morgan fingerprint density at radius 3 is 2.76 bits per heavy atom. The second-order valence-electron chi connectivity index (χ2n) is 4.53. The van der Waals surface area contributed by atoms with Crippen LogP contribution in [0.15, 0.2) is 29.4 Å². The standard InChI is InChI=1S/C12H13ClFN3O3S/c1-8(2)17-12(15-7-16-17)6-20-10-4-3-9(14)5-11(10)21(13,18)19/h3-5,7-8H,6H2,1-2H3. The van der Waals surface area contributed by atoms with E-state index >= 15 is 0 Å². The number of ether oxygens (including phenoxy) is 1. The number of halogens is 2. The molecule has 0 saturated heterocycles. The van der Waals surface area contributed by atoms with Gasteiger partial charge in [0, 0.05) is 16.7 Å². The summed E-state index contributed by atoms with van der Waals surface area (Å²) >= 11 is 0. The second kappa shape index (κ2) is 5.98. The Labute approximate surface area is 125 Å². The summed E-state index contributed by atoms with van der Waals surface area (Å²) in [4.78, 5) is 3.62. The molecule has 0 atom stereocenters. The number of aromatic nitrogens is 3. The van der Waals surface area contributed by atoms with Gasteiger partial charge in [0.2, 0.25) is 0 Å². The first kappa shape index (κ1) is 15.7. The molecule has 0 amide bonds. The summed E-state index contributed by atoms with van der Waals surface area (Å²) < 4.78 is 43.0. The van der Waals surface area contributed by atoms with Crippen molar-refractivity contribution in [2.24, 2.45) is 0 Å². The van der Waals surface area contributed by atoms with Gasteiger partial charge in [0.25, 0.3) is 9.05 Å². The first-order valence-corrected chi connectivity index (χ1v) is 8.35. The lowest BCUT2D eigenvalue weighted by molar-refractivity contribution is 0.275. The zero-order chi connectivity index (χ0) is 15.6. The van der Waals surface area contributed by atoms with E-state index in [4.69, 9.17) is 15.4 Å². The van der Waals surface area contributed by atoms with Gasteiger partial charge in [-0.3, -0.25) is 0 Å². The zero-order valence-electron chi connectivity index (χ0n) is 11.3. The molecule has 0 fully saturated rings. The minimum absolute atomic E-state index is 0.0107. The minimum atomic E-state index is -4.11. The first-order valence-electron chi connectivity index (χ1n) is 6.04. The maximum Gasteiger partial charge on any atom is 0.265 e. The van der Waals surface area contributed by atoms with E-state index < -0.39 is 19.8 Å². The van der Waals surface area contributed by atoms with E-state index in [1.807, 2.05) is 13.8 Å². The molecule has 6 nitrogen and oxygen atoms in total. The average molecular weight is 334 g/mol. The van der Waals surface area contributed by atoms with Crippen molar-refractivity contribution >= 4 is 19.7 Å². The highest BCUT2D eigenvalue weighted by Gasteiger charge is 2.19. The lowest BCUT2D eigenvalue weighted by Gasteiger charge is -2.12. The van der Waals surface area contributed by atoms with E-state index in [9.17, 15) is 12.8 Å². The Hall–Kier alpha value is -1.67. The molecular formula is C12H13ClFN3O3S. The van der Waals surface area contributed by atoms with Gasteiger partial charge in [-0.1, -0.05) is 0 Å². The average Bonchev–Trinajstić information content (AvgIpc) is 2.84. The third kappa shape index (κ3) is 3.70. The van der Waals surface area contributed by atoms with Crippen LogP contribution in [0.3, 0.4) is 0 Å². The van der Waals surface area contributed by atoms with Crippen molar-refractivity contribution in [2.45, 2.75) is 31.4 Å². The van der Waals surface area contributed by atoms with Crippen LogP contribution in [0.2, 0.25) is 0 Å². The fraction of sp³-hybridized carbons (Fsp3) is 0.333. The van der Waals surface area contributed by atoms with Crippen LogP contribution in [0.4, 0.5) is 4.39 Å². The van der Waals surface area contributed by atoms with Crippen molar-refractivity contribution in [3.05, 3.63) is 36.2 Å². The van der Waals surface area contributed by atoms with E-state index in [0.717, 1.165) is 12.1 Å². The summed E-state index contributed by atoms with van der Waals surface area (Å²) in [6, 6.07) is 3.19. The number of rotatable bonds is 5. The summed E-state index contributed by atoms with van der Waals surface area (Å²) in [5, 5.41) is 4.03.